The first kappa shape index (κ1) is 12.8. The molecule has 2 rings (SSSR count). The molecule has 96 valence electrons. The maximum absolute atomic E-state index is 6.16. The Morgan fingerprint density at radius 2 is 1.78 bits per heavy atom. The van der Waals surface area contributed by atoms with E-state index in [1.54, 1.807) is 12.4 Å². The molecule has 4 heteroatoms. The van der Waals surface area contributed by atoms with Crippen LogP contribution in [-0.2, 0) is 0 Å². The van der Waals surface area contributed by atoms with Gasteiger partial charge in [-0.2, -0.15) is 0 Å². The molecule has 0 saturated heterocycles. The lowest BCUT2D eigenvalue weighted by Gasteiger charge is -2.25. The molecule has 0 spiro atoms. The van der Waals surface area contributed by atoms with E-state index in [4.69, 9.17) is 5.73 Å². The zero-order valence-electron chi connectivity index (χ0n) is 11.1. The van der Waals surface area contributed by atoms with Crippen LogP contribution in [0.2, 0.25) is 0 Å². The van der Waals surface area contributed by atoms with Gasteiger partial charge in [0, 0.05) is 36.7 Å². The highest BCUT2D eigenvalue weighted by Crippen LogP contribution is 2.25. The predicted octanol–water partition coefficient (Wildman–Crippen LogP) is 2.34. The van der Waals surface area contributed by atoms with Crippen molar-refractivity contribution in [3.8, 4) is 0 Å². The fraction of sp³-hybridized carbons (Fsp3) is 0.429. The number of rotatable bonds is 4. The Morgan fingerprint density at radius 1 is 1.11 bits per heavy atom. The molecule has 2 aromatic heterocycles. The summed E-state index contributed by atoms with van der Waals surface area (Å²) in [6.07, 6.45) is 7.45. The third-order valence-electron chi connectivity index (χ3n) is 3.06. The Hall–Kier alpha value is -1.68. The van der Waals surface area contributed by atoms with Gasteiger partial charge >= 0.3 is 0 Å². The summed E-state index contributed by atoms with van der Waals surface area (Å²) < 4.78 is 2.17. The molecule has 0 aliphatic rings. The van der Waals surface area contributed by atoms with Crippen LogP contribution in [0.4, 0.5) is 0 Å². The smallest absolute Gasteiger partial charge is 0.111 e. The van der Waals surface area contributed by atoms with E-state index in [-0.39, 0.29) is 12.1 Å². The van der Waals surface area contributed by atoms with Crippen molar-refractivity contribution in [2.24, 2.45) is 5.73 Å². The Labute approximate surface area is 108 Å². The third kappa shape index (κ3) is 2.43. The van der Waals surface area contributed by atoms with E-state index < -0.39 is 0 Å². The lowest BCUT2D eigenvalue weighted by atomic mass is 10.0. The zero-order chi connectivity index (χ0) is 13.1. The number of nitrogens with zero attached hydrogens (tertiary/aromatic N) is 3. The van der Waals surface area contributed by atoms with Crippen LogP contribution < -0.4 is 5.73 Å². The summed E-state index contributed by atoms with van der Waals surface area (Å²) in [7, 11) is 0. The summed E-state index contributed by atoms with van der Waals surface area (Å²) in [5, 5.41) is 0. The van der Waals surface area contributed by atoms with E-state index in [1.165, 1.54) is 5.56 Å². The van der Waals surface area contributed by atoms with Crippen molar-refractivity contribution >= 4 is 0 Å². The zero-order valence-corrected chi connectivity index (χ0v) is 11.1. The van der Waals surface area contributed by atoms with Crippen LogP contribution >= 0.6 is 0 Å². The molecule has 2 heterocycles. The number of hydrogen-bond acceptors (Lipinski definition) is 3. The average Bonchev–Trinajstić information content (AvgIpc) is 2.79. The molecule has 0 radical (unpaired) electrons. The van der Waals surface area contributed by atoms with Gasteiger partial charge in [0.1, 0.15) is 5.82 Å². The molecule has 2 N–H and O–H groups in total. The van der Waals surface area contributed by atoms with Gasteiger partial charge in [0.25, 0.3) is 0 Å². The Morgan fingerprint density at radius 3 is 2.33 bits per heavy atom. The maximum atomic E-state index is 6.16. The largest absolute Gasteiger partial charge is 0.326 e. The molecule has 2 aromatic rings. The summed E-state index contributed by atoms with van der Waals surface area (Å²) in [5.41, 5.74) is 7.33. The average molecular weight is 244 g/mol. The standard InChI is InChI=1S/C14H20N4/c1-10(2)14-17-8-9-18(14)13(11(3)15)12-4-6-16-7-5-12/h4-11,13H,15H2,1-3H3. The lowest BCUT2D eigenvalue weighted by molar-refractivity contribution is 0.471. The van der Waals surface area contributed by atoms with Crippen LogP contribution in [0, 0.1) is 0 Å². The van der Waals surface area contributed by atoms with E-state index in [0.29, 0.717) is 5.92 Å². The van der Waals surface area contributed by atoms with Crippen molar-refractivity contribution < 1.29 is 0 Å². The normalized spacial score (nSPS) is 14.7. The van der Waals surface area contributed by atoms with Gasteiger partial charge < -0.3 is 10.3 Å². The SMILES string of the molecule is CC(C)c1nccn1C(c1ccncc1)C(C)N. The number of pyridine rings is 1. The summed E-state index contributed by atoms with van der Waals surface area (Å²) in [4.78, 5) is 8.50. The molecule has 18 heavy (non-hydrogen) atoms. The first-order chi connectivity index (χ1) is 8.61. The van der Waals surface area contributed by atoms with Crippen LogP contribution in [0.25, 0.3) is 0 Å². The quantitative estimate of drug-likeness (QED) is 0.898. The van der Waals surface area contributed by atoms with E-state index in [1.807, 2.05) is 31.5 Å². The van der Waals surface area contributed by atoms with Crippen molar-refractivity contribution in [2.75, 3.05) is 0 Å². The molecule has 0 aromatic carbocycles. The molecule has 0 aliphatic carbocycles. The maximum Gasteiger partial charge on any atom is 0.111 e. The van der Waals surface area contributed by atoms with Crippen molar-refractivity contribution in [3.05, 3.63) is 48.3 Å². The minimum Gasteiger partial charge on any atom is -0.326 e. The second-order valence-corrected chi connectivity index (χ2v) is 4.93. The monoisotopic (exact) mass is 244 g/mol. The van der Waals surface area contributed by atoms with E-state index >= 15 is 0 Å². The second-order valence-electron chi connectivity index (χ2n) is 4.93. The number of aromatic nitrogens is 3. The van der Waals surface area contributed by atoms with E-state index in [2.05, 4.69) is 28.4 Å². The molecule has 0 bridgehead atoms. The minimum atomic E-state index is 0.0131. The van der Waals surface area contributed by atoms with Gasteiger partial charge in [-0.05, 0) is 24.6 Å². The number of hydrogen-bond donors (Lipinski definition) is 1. The number of imidazole rings is 1. The third-order valence-corrected chi connectivity index (χ3v) is 3.06. The van der Waals surface area contributed by atoms with Crippen LogP contribution in [0.5, 0.6) is 0 Å². The summed E-state index contributed by atoms with van der Waals surface area (Å²) in [6, 6.07) is 4.14. The lowest BCUT2D eigenvalue weighted by Crippen LogP contribution is -2.31. The van der Waals surface area contributed by atoms with Crippen LogP contribution in [0.3, 0.4) is 0 Å². The highest BCUT2D eigenvalue weighted by molar-refractivity contribution is 5.20. The van der Waals surface area contributed by atoms with Gasteiger partial charge in [-0.25, -0.2) is 4.98 Å². The molecule has 0 saturated carbocycles. The second kappa shape index (κ2) is 5.31. The molecule has 0 fully saturated rings. The molecule has 2 unspecified atom stereocenters. The molecule has 4 nitrogen and oxygen atoms in total. The Bertz CT molecular complexity index is 488. The molecule has 2 atom stereocenters. The summed E-state index contributed by atoms with van der Waals surface area (Å²) in [5.74, 6) is 1.44. The van der Waals surface area contributed by atoms with Gasteiger partial charge in [0.2, 0.25) is 0 Å². The van der Waals surface area contributed by atoms with E-state index in [9.17, 15) is 0 Å². The van der Waals surface area contributed by atoms with Crippen LogP contribution in [-0.4, -0.2) is 20.6 Å². The molecule has 0 aliphatic heterocycles. The van der Waals surface area contributed by atoms with E-state index in [0.717, 1.165) is 5.82 Å². The molecular formula is C14H20N4. The van der Waals surface area contributed by atoms with Crippen LogP contribution in [0.1, 0.15) is 44.1 Å². The van der Waals surface area contributed by atoms with Gasteiger partial charge in [-0.3, -0.25) is 4.98 Å². The van der Waals surface area contributed by atoms with Crippen molar-refractivity contribution in [1.82, 2.24) is 14.5 Å². The Kier molecular flexibility index (Phi) is 3.77. The summed E-state index contributed by atoms with van der Waals surface area (Å²) >= 11 is 0. The minimum absolute atomic E-state index is 0.0131. The highest BCUT2D eigenvalue weighted by Gasteiger charge is 2.21. The van der Waals surface area contributed by atoms with Crippen molar-refractivity contribution in [3.63, 3.8) is 0 Å². The first-order valence-corrected chi connectivity index (χ1v) is 6.29. The molecular weight excluding hydrogens is 224 g/mol. The fourth-order valence-electron chi connectivity index (χ4n) is 2.29. The first-order valence-electron chi connectivity index (χ1n) is 6.29. The van der Waals surface area contributed by atoms with Gasteiger partial charge in [0.05, 0.1) is 6.04 Å². The predicted molar refractivity (Wildman–Crippen MR) is 72.3 cm³/mol. The van der Waals surface area contributed by atoms with Crippen LogP contribution in [0.15, 0.2) is 36.9 Å². The summed E-state index contributed by atoms with van der Waals surface area (Å²) in [6.45, 7) is 6.31. The fourth-order valence-corrected chi connectivity index (χ4v) is 2.29. The van der Waals surface area contributed by atoms with Crippen molar-refractivity contribution in [2.45, 2.75) is 38.8 Å². The van der Waals surface area contributed by atoms with Gasteiger partial charge in [-0.15, -0.1) is 0 Å². The van der Waals surface area contributed by atoms with Crippen molar-refractivity contribution in [1.29, 1.82) is 0 Å². The number of nitrogens with two attached hydrogens (primary N) is 1. The molecule has 0 amide bonds. The van der Waals surface area contributed by atoms with Gasteiger partial charge in [-0.1, -0.05) is 13.8 Å². The topological polar surface area (TPSA) is 56.7 Å². The highest BCUT2D eigenvalue weighted by atomic mass is 15.1. The Balaban J connectivity index is 2.46. The van der Waals surface area contributed by atoms with Gasteiger partial charge in [0.15, 0.2) is 0 Å².